The Labute approximate surface area is 135 Å². The van der Waals surface area contributed by atoms with Crippen LogP contribution in [0, 0.1) is 0 Å². The van der Waals surface area contributed by atoms with E-state index in [9.17, 15) is 4.79 Å². The minimum Gasteiger partial charge on any atom is -0.364 e. The summed E-state index contributed by atoms with van der Waals surface area (Å²) in [6.45, 7) is 5.04. The fourth-order valence-electron chi connectivity index (χ4n) is 2.76. The third kappa shape index (κ3) is 3.59. The first-order valence-corrected chi connectivity index (χ1v) is 8.03. The predicted octanol–water partition coefficient (Wildman–Crippen LogP) is 2.01. The van der Waals surface area contributed by atoms with Gasteiger partial charge in [0.15, 0.2) is 5.82 Å². The summed E-state index contributed by atoms with van der Waals surface area (Å²) in [6, 6.07) is 9.65. The Bertz CT molecular complexity index is 668. The van der Waals surface area contributed by atoms with Crippen molar-refractivity contribution in [3.05, 3.63) is 47.5 Å². The summed E-state index contributed by atoms with van der Waals surface area (Å²) in [4.78, 5) is 12.3. The standard InChI is InChI=1S/C17H22N4O2/c1-12(16-20-19-15-9-6-10-21(15)16)18-17(22)13(2)23-11-14-7-4-3-5-8-14/h3-5,7-8,12-13H,6,9-11H2,1-2H3,(H,18,22)/t12-,13+/m0/s1. The fraction of sp³-hybridized carbons (Fsp3) is 0.471. The molecule has 0 radical (unpaired) electrons. The van der Waals surface area contributed by atoms with Crippen molar-refractivity contribution in [2.45, 2.75) is 52.0 Å². The van der Waals surface area contributed by atoms with Gasteiger partial charge in [0.2, 0.25) is 5.91 Å². The Hall–Kier alpha value is -2.21. The molecule has 0 fully saturated rings. The summed E-state index contributed by atoms with van der Waals surface area (Å²) in [7, 11) is 0. The van der Waals surface area contributed by atoms with Crippen LogP contribution in [-0.4, -0.2) is 26.8 Å². The average molecular weight is 314 g/mol. The highest BCUT2D eigenvalue weighted by Gasteiger charge is 2.24. The number of rotatable bonds is 6. The number of hydrogen-bond donors (Lipinski definition) is 1. The summed E-state index contributed by atoms with van der Waals surface area (Å²) in [5.41, 5.74) is 1.05. The van der Waals surface area contributed by atoms with Gasteiger partial charge in [-0.15, -0.1) is 10.2 Å². The van der Waals surface area contributed by atoms with Crippen LogP contribution in [0.4, 0.5) is 0 Å². The van der Waals surface area contributed by atoms with Crippen LogP contribution in [0.15, 0.2) is 30.3 Å². The van der Waals surface area contributed by atoms with Crippen molar-refractivity contribution in [3.63, 3.8) is 0 Å². The molecule has 0 bridgehead atoms. The number of benzene rings is 1. The van der Waals surface area contributed by atoms with E-state index in [1.165, 1.54) is 0 Å². The molecule has 122 valence electrons. The molecule has 1 N–H and O–H groups in total. The van der Waals surface area contributed by atoms with E-state index in [4.69, 9.17) is 4.74 Å². The van der Waals surface area contributed by atoms with E-state index in [2.05, 4.69) is 20.1 Å². The van der Waals surface area contributed by atoms with Gasteiger partial charge >= 0.3 is 0 Å². The molecule has 1 aromatic carbocycles. The van der Waals surface area contributed by atoms with E-state index in [-0.39, 0.29) is 11.9 Å². The van der Waals surface area contributed by atoms with Crippen molar-refractivity contribution >= 4 is 5.91 Å². The van der Waals surface area contributed by atoms with E-state index in [0.717, 1.165) is 36.6 Å². The highest BCUT2D eigenvalue weighted by Crippen LogP contribution is 2.19. The zero-order valence-corrected chi connectivity index (χ0v) is 13.5. The number of nitrogens with one attached hydrogen (secondary N) is 1. The lowest BCUT2D eigenvalue weighted by atomic mass is 10.2. The Kier molecular flexibility index (Phi) is 4.71. The van der Waals surface area contributed by atoms with Crippen molar-refractivity contribution in [1.82, 2.24) is 20.1 Å². The van der Waals surface area contributed by atoms with Crippen LogP contribution in [0.5, 0.6) is 0 Å². The maximum Gasteiger partial charge on any atom is 0.249 e. The lowest BCUT2D eigenvalue weighted by molar-refractivity contribution is -0.133. The molecule has 1 aliphatic rings. The second kappa shape index (κ2) is 6.91. The van der Waals surface area contributed by atoms with Crippen molar-refractivity contribution in [3.8, 4) is 0 Å². The van der Waals surface area contributed by atoms with Crippen molar-refractivity contribution in [2.24, 2.45) is 0 Å². The minimum atomic E-state index is -0.515. The molecule has 0 spiro atoms. The van der Waals surface area contributed by atoms with Gasteiger partial charge in [0.05, 0.1) is 12.6 Å². The smallest absolute Gasteiger partial charge is 0.249 e. The van der Waals surface area contributed by atoms with Crippen LogP contribution in [-0.2, 0) is 29.1 Å². The van der Waals surface area contributed by atoms with Crippen molar-refractivity contribution in [1.29, 1.82) is 0 Å². The molecule has 0 aliphatic carbocycles. The van der Waals surface area contributed by atoms with Gasteiger partial charge in [-0.25, -0.2) is 0 Å². The Balaban J connectivity index is 1.53. The first-order chi connectivity index (χ1) is 11.1. The summed E-state index contributed by atoms with van der Waals surface area (Å²) >= 11 is 0. The molecule has 0 saturated carbocycles. The molecular formula is C17H22N4O2. The first kappa shape index (κ1) is 15.7. The number of carbonyl (C=O) groups excluding carboxylic acids is 1. The van der Waals surface area contributed by atoms with Gasteiger partial charge in [0, 0.05) is 13.0 Å². The highest BCUT2D eigenvalue weighted by atomic mass is 16.5. The molecule has 1 amide bonds. The van der Waals surface area contributed by atoms with Gasteiger partial charge in [-0.05, 0) is 25.8 Å². The highest BCUT2D eigenvalue weighted by molar-refractivity contribution is 5.80. The van der Waals surface area contributed by atoms with Crippen molar-refractivity contribution in [2.75, 3.05) is 0 Å². The number of aromatic nitrogens is 3. The predicted molar refractivity (Wildman–Crippen MR) is 85.6 cm³/mol. The van der Waals surface area contributed by atoms with Crippen LogP contribution < -0.4 is 5.32 Å². The largest absolute Gasteiger partial charge is 0.364 e. The number of carbonyl (C=O) groups is 1. The topological polar surface area (TPSA) is 69.0 Å². The average Bonchev–Trinajstić information content (AvgIpc) is 3.16. The molecule has 1 aliphatic heterocycles. The number of hydrogen-bond acceptors (Lipinski definition) is 4. The molecule has 1 aromatic heterocycles. The molecule has 6 nitrogen and oxygen atoms in total. The van der Waals surface area contributed by atoms with Crippen LogP contribution in [0.3, 0.4) is 0 Å². The zero-order valence-electron chi connectivity index (χ0n) is 13.5. The molecular weight excluding hydrogens is 292 g/mol. The number of amides is 1. The Morgan fingerprint density at radius 3 is 2.87 bits per heavy atom. The summed E-state index contributed by atoms with van der Waals surface area (Å²) in [6.07, 6.45) is 1.54. The van der Waals surface area contributed by atoms with E-state index in [1.54, 1.807) is 6.92 Å². The van der Waals surface area contributed by atoms with Crippen LogP contribution in [0.1, 0.15) is 43.5 Å². The van der Waals surface area contributed by atoms with Gasteiger partial charge in [0.25, 0.3) is 0 Å². The second-order valence-corrected chi connectivity index (χ2v) is 5.90. The molecule has 6 heteroatoms. The summed E-state index contributed by atoms with van der Waals surface area (Å²) < 4.78 is 7.74. The number of fused-ring (bicyclic) bond motifs is 1. The summed E-state index contributed by atoms with van der Waals surface area (Å²) in [5, 5.41) is 11.3. The normalized spacial score (nSPS) is 15.9. The SMILES string of the molecule is C[C@H](NC(=O)[C@@H](C)OCc1ccccc1)c1nnc2n1CCC2. The molecule has 2 heterocycles. The van der Waals surface area contributed by atoms with Crippen LogP contribution in [0.25, 0.3) is 0 Å². The maximum atomic E-state index is 12.3. The lowest BCUT2D eigenvalue weighted by Crippen LogP contribution is -2.37. The van der Waals surface area contributed by atoms with Crippen LogP contribution >= 0.6 is 0 Å². The molecule has 3 rings (SSSR count). The molecule has 2 atom stereocenters. The Morgan fingerprint density at radius 1 is 1.30 bits per heavy atom. The summed E-state index contributed by atoms with van der Waals surface area (Å²) in [5.74, 6) is 1.69. The van der Waals surface area contributed by atoms with E-state index >= 15 is 0 Å². The van der Waals surface area contributed by atoms with Gasteiger partial charge in [0.1, 0.15) is 11.9 Å². The minimum absolute atomic E-state index is 0.135. The monoisotopic (exact) mass is 314 g/mol. The zero-order chi connectivity index (χ0) is 16.2. The van der Waals surface area contributed by atoms with Gasteiger partial charge in [-0.2, -0.15) is 0 Å². The number of nitrogens with zero attached hydrogens (tertiary/aromatic N) is 3. The molecule has 23 heavy (non-hydrogen) atoms. The quantitative estimate of drug-likeness (QED) is 0.885. The molecule has 0 unspecified atom stereocenters. The van der Waals surface area contributed by atoms with Gasteiger partial charge in [-0.3, -0.25) is 4.79 Å². The van der Waals surface area contributed by atoms with E-state index in [1.807, 2.05) is 37.3 Å². The first-order valence-electron chi connectivity index (χ1n) is 8.03. The number of aryl methyl sites for hydroxylation is 1. The van der Waals surface area contributed by atoms with Crippen LogP contribution in [0.2, 0.25) is 0 Å². The lowest BCUT2D eigenvalue weighted by Gasteiger charge is -2.18. The maximum absolute atomic E-state index is 12.3. The fourth-order valence-corrected chi connectivity index (χ4v) is 2.76. The molecule has 2 aromatic rings. The van der Waals surface area contributed by atoms with Gasteiger partial charge in [-0.1, -0.05) is 30.3 Å². The number of ether oxygens (including phenoxy) is 1. The van der Waals surface area contributed by atoms with E-state index < -0.39 is 6.10 Å². The van der Waals surface area contributed by atoms with Gasteiger partial charge < -0.3 is 14.6 Å². The third-order valence-corrected chi connectivity index (χ3v) is 4.10. The Morgan fingerprint density at radius 2 is 2.09 bits per heavy atom. The third-order valence-electron chi connectivity index (χ3n) is 4.10. The second-order valence-electron chi connectivity index (χ2n) is 5.90. The van der Waals surface area contributed by atoms with Crippen molar-refractivity contribution < 1.29 is 9.53 Å². The van der Waals surface area contributed by atoms with E-state index in [0.29, 0.717) is 6.61 Å². The molecule has 0 saturated heterocycles.